The molecule has 1 amide bonds. The van der Waals surface area contributed by atoms with Gasteiger partial charge in [-0.1, -0.05) is 24.3 Å². The van der Waals surface area contributed by atoms with Crippen molar-refractivity contribution in [1.29, 1.82) is 0 Å². The summed E-state index contributed by atoms with van der Waals surface area (Å²) in [5.74, 6) is 1.13. The Kier molecular flexibility index (Phi) is 7.56. The van der Waals surface area contributed by atoms with Gasteiger partial charge in [-0.25, -0.2) is 4.99 Å². The van der Waals surface area contributed by atoms with Crippen LogP contribution in [0, 0.1) is 0 Å². The number of guanidine groups is 1. The molecule has 0 aromatic heterocycles. The number of hydrogen-bond acceptors (Lipinski definition) is 3. The van der Waals surface area contributed by atoms with Gasteiger partial charge in [0.25, 0.3) is 0 Å². The van der Waals surface area contributed by atoms with E-state index in [1.54, 1.807) is 0 Å². The molecule has 3 unspecified atom stereocenters. The molecule has 0 radical (unpaired) electrons. The van der Waals surface area contributed by atoms with Crippen LogP contribution in [0.3, 0.4) is 0 Å². The number of hydrogen-bond donors (Lipinski definition) is 2. The van der Waals surface area contributed by atoms with E-state index >= 15 is 0 Å². The standard InChI is InChI=1S/C21H30N4O2.HI/c1-2-22-21(24-18-12-17-8-9-19(18)27-17)23-13-15-5-3-6-16(11-15)14-25-10-4-7-20(25)26;/h3,5-6,11,17-19H,2,4,7-10,12-14H2,1H3,(H2,22,23,24);1H. The highest BCUT2D eigenvalue weighted by Gasteiger charge is 2.41. The van der Waals surface area contributed by atoms with Gasteiger partial charge >= 0.3 is 0 Å². The number of nitrogens with zero attached hydrogens (tertiary/aromatic N) is 2. The number of likely N-dealkylation sites (tertiary alicyclic amines) is 1. The first kappa shape index (κ1) is 21.4. The van der Waals surface area contributed by atoms with Gasteiger partial charge in [0.05, 0.1) is 24.8 Å². The molecule has 2 N–H and O–H groups in total. The van der Waals surface area contributed by atoms with Crippen molar-refractivity contribution in [1.82, 2.24) is 15.5 Å². The lowest BCUT2D eigenvalue weighted by Crippen LogP contribution is -2.47. The molecule has 0 spiro atoms. The SMILES string of the molecule is CCNC(=NCc1cccc(CN2CCCC2=O)c1)NC1CC2CCC1O2.I. The Morgan fingerprint density at radius 1 is 1.32 bits per heavy atom. The molecular formula is C21H31IN4O2. The van der Waals surface area contributed by atoms with Crippen molar-refractivity contribution in [2.45, 2.75) is 70.4 Å². The molecule has 7 heteroatoms. The molecule has 154 valence electrons. The third kappa shape index (κ3) is 5.17. The van der Waals surface area contributed by atoms with Crippen molar-refractivity contribution >= 4 is 35.8 Å². The van der Waals surface area contributed by atoms with Gasteiger partial charge in [-0.2, -0.15) is 0 Å². The molecule has 3 aliphatic heterocycles. The number of fused-ring (bicyclic) bond motifs is 2. The molecule has 28 heavy (non-hydrogen) atoms. The summed E-state index contributed by atoms with van der Waals surface area (Å²) in [6.45, 7) is 5.13. The molecule has 4 rings (SSSR count). The number of amides is 1. The molecule has 3 atom stereocenters. The van der Waals surface area contributed by atoms with Gasteiger partial charge in [-0.3, -0.25) is 4.79 Å². The lowest BCUT2D eigenvalue weighted by molar-refractivity contribution is -0.128. The zero-order valence-electron chi connectivity index (χ0n) is 16.5. The second kappa shape index (κ2) is 9.91. The summed E-state index contributed by atoms with van der Waals surface area (Å²) in [5, 5.41) is 6.91. The summed E-state index contributed by atoms with van der Waals surface area (Å²) in [6, 6.07) is 8.79. The monoisotopic (exact) mass is 498 g/mol. The molecule has 1 aromatic carbocycles. The predicted octanol–water partition coefficient (Wildman–Crippen LogP) is 2.80. The molecular weight excluding hydrogens is 467 g/mol. The van der Waals surface area contributed by atoms with Gasteiger partial charge in [0, 0.05) is 26.1 Å². The van der Waals surface area contributed by atoms with Crippen LogP contribution in [0.4, 0.5) is 0 Å². The van der Waals surface area contributed by atoms with E-state index in [9.17, 15) is 4.79 Å². The molecule has 0 aliphatic carbocycles. The number of ether oxygens (including phenoxy) is 1. The van der Waals surface area contributed by atoms with Crippen LogP contribution in [0.1, 0.15) is 50.2 Å². The molecule has 0 saturated carbocycles. The molecule has 1 aromatic rings. The van der Waals surface area contributed by atoms with Crippen molar-refractivity contribution in [2.24, 2.45) is 4.99 Å². The minimum absolute atomic E-state index is 0. The Morgan fingerprint density at radius 3 is 2.86 bits per heavy atom. The number of carbonyl (C=O) groups excluding carboxylic acids is 1. The van der Waals surface area contributed by atoms with E-state index in [0.29, 0.717) is 37.8 Å². The second-order valence-corrected chi connectivity index (χ2v) is 7.79. The van der Waals surface area contributed by atoms with E-state index in [-0.39, 0.29) is 29.9 Å². The highest BCUT2D eigenvalue weighted by atomic mass is 127. The van der Waals surface area contributed by atoms with Crippen LogP contribution < -0.4 is 10.6 Å². The van der Waals surface area contributed by atoms with E-state index in [4.69, 9.17) is 9.73 Å². The first-order valence-corrected chi connectivity index (χ1v) is 10.3. The fraction of sp³-hybridized carbons (Fsp3) is 0.619. The predicted molar refractivity (Wildman–Crippen MR) is 121 cm³/mol. The maximum Gasteiger partial charge on any atom is 0.222 e. The third-order valence-electron chi connectivity index (χ3n) is 5.73. The fourth-order valence-electron chi connectivity index (χ4n) is 4.37. The molecule has 2 bridgehead atoms. The first-order chi connectivity index (χ1) is 13.2. The maximum absolute atomic E-state index is 11.8. The summed E-state index contributed by atoms with van der Waals surface area (Å²) in [5.41, 5.74) is 2.35. The maximum atomic E-state index is 11.8. The van der Waals surface area contributed by atoms with Crippen molar-refractivity contribution in [3.8, 4) is 0 Å². The zero-order chi connectivity index (χ0) is 18.6. The van der Waals surface area contributed by atoms with Crippen LogP contribution in [0.2, 0.25) is 0 Å². The number of halogens is 1. The zero-order valence-corrected chi connectivity index (χ0v) is 18.9. The van der Waals surface area contributed by atoms with Crippen LogP contribution in [-0.2, 0) is 22.6 Å². The van der Waals surface area contributed by atoms with E-state index in [1.807, 2.05) is 4.90 Å². The lowest BCUT2D eigenvalue weighted by atomic mass is 9.96. The van der Waals surface area contributed by atoms with Crippen LogP contribution in [0.15, 0.2) is 29.3 Å². The average molecular weight is 498 g/mol. The highest BCUT2D eigenvalue weighted by Crippen LogP contribution is 2.34. The van der Waals surface area contributed by atoms with Crippen LogP contribution in [-0.4, -0.2) is 48.1 Å². The van der Waals surface area contributed by atoms with Gasteiger partial charge in [0.2, 0.25) is 5.91 Å². The van der Waals surface area contributed by atoms with E-state index in [1.165, 1.54) is 17.5 Å². The van der Waals surface area contributed by atoms with Crippen molar-refractivity contribution < 1.29 is 9.53 Å². The van der Waals surface area contributed by atoms with Gasteiger partial charge < -0.3 is 20.3 Å². The van der Waals surface area contributed by atoms with Gasteiger partial charge in [-0.05, 0) is 43.7 Å². The lowest BCUT2D eigenvalue weighted by Gasteiger charge is -2.22. The number of carbonyl (C=O) groups is 1. The summed E-state index contributed by atoms with van der Waals surface area (Å²) in [6.07, 6.45) is 5.86. The van der Waals surface area contributed by atoms with Crippen LogP contribution in [0.5, 0.6) is 0 Å². The molecule has 3 aliphatic rings. The third-order valence-corrected chi connectivity index (χ3v) is 5.73. The minimum Gasteiger partial charge on any atom is -0.373 e. The Bertz CT molecular complexity index is 711. The van der Waals surface area contributed by atoms with Crippen molar-refractivity contribution in [3.63, 3.8) is 0 Å². The van der Waals surface area contributed by atoms with Crippen LogP contribution >= 0.6 is 24.0 Å². The van der Waals surface area contributed by atoms with Gasteiger partial charge in [0.15, 0.2) is 5.96 Å². The Labute approximate surface area is 184 Å². The molecule has 3 heterocycles. The summed E-state index contributed by atoms with van der Waals surface area (Å²) in [7, 11) is 0. The first-order valence-electron chi connectivity index (χ1n) is 10.3. The minimum atomic E-state index is 0. The smallest absolute Gasteiger partial charge is 0.222 e. The van der Waals surface area contributed by atoms with E-state index in [2.05, 4.69) is 41.8 Å². The number of benzene rings is 1. The topological polar surface area (TPSA) is 66.0 Å². The molecule has 6 nitrogen and oxygen atoms in total. The molecule has 3 fully saturated rings. The molecule has 3 saturated heterocycles. The number of rotatable bonds is 6. The normalized spacial score (nSPS) is 26.5. The fourth-order valence-corrected chi connectivity index (χ4v) is 4.37. The summed E-state index contributed by atoms with van der Waals surface area (Å²) >= 11 is 0. The van der Waals surface area contributed by atoms with Crippen molar-refractivity contribution in [3.05, 3.63) is 35.4 Å². The quantitative estimate of drug-likeness (QED) is 0.360. The van der Waals surface area contributed by atoms with E-state index in [0.717, 1.165) is 38.3 Å². The van der Waals surface area contributed by atoms with Crippen LogP contribution in [0.25, 0.3) is 0 Å². The average Bonchev–Trinajstić information content (AvgIpc) is 3.38. The Morgan fingerprint density at radius 2 is 2.18 bits per heavy atom. The van der Waals surface area contributed by atoms with Gasteiger partial charge in [0.1, 0.15) is 0 Å². The highest BCUT2D eigenvalue weighted by molar-refractivity contribution is 14.0. The van der Waals surface area contributed by atoms with Gasteiger partial charge in [-0.15, -0.1) is 24.0 Å². The van der Waals surface area contributed by atoms with E-state index < -0.39 is 0 Å². The van der Waals surface area contributed by atoms with Crippen molar-refractivity contribution in [2.75, 3.05) is 13.1 Å². The Balaban J connectivity index is 0.00000225. The largest absolute Gasteiger partial charge is 0.373 e. The number of aliphatic imine (C=N–C) groups is 1. The second-order valence-electron chi connectivity index (χ2n) is 7.79. The number of nitrogens with one attached hydrogen (secondary N) is 2. The summed E-state index contributed by atoms with van der Waals surface area (Å²) < 4.78 is 5.94. The summed E-state index contributed by atoms with van der Waals surface area (Å²) in [4.78, 5) is 18.6. The Hall–Kier alpha value is -1.35.